The van der Waals surface area contributed by atoms with Gasteiger partial charge in [0.05, 0.1) is 6.10 Å². The Hall–Kier alpha value is -0.570. The van der Waals surface area contributed by atoms with Crippen molar-refractivity contribution < 1.29 is 4.74 Å². The van der Waals surface area contributed by atoms with Crippen LogP contribution in [-0.2, 0) is 4.74 Å². The second-order valence-electron chi connectivity index (χ2n) is 3.77. The molecule has 15 heavy (non-hydrogen) atoms. The fraction of sp³-hybridized carbons (Fsp3) is 0.500. The molecule has 0 fully saturated rings. The third kappa shape index (κ3) is 3.82. The molecule has 0 saturated carbocycles. The van der Waals surface area contributed by atoms with Crippen LogP contribution in [0.5, 0.6) is 0 Å². The quantitative estimate of drug-likeness (QED) is 0.840. The van der Waals surface area contributed by atoms with Crippen LogP contribution in [0.1, 0.15) is 24.8 Å². The van der Waals surface area contributed by atoms with Gasteiger partial charge in [0.25, 0.3) is 0 Å². The Bertz CT molecular complexity index is 303. The average molecular weight is 228 g/mol. The molecule has 2 unspecified atom stereocenters. The van der Waals surface area contributed by atoms with E-state index in [4.69, 9.17) is 22.1 Å². The van der Waals surface area contributed by atoms with Gasteiger partial charge in [0.1, 0.15) is 0 Å². The Balaban J connectivity index is 2.73. The summed E-state index contributed by atoms with van der Waals surface area (Å²) in [5.74, 6) is 0.318. The van der Waals surface area contributed by atoms with E-state index in [9.17, 15) is 0 Å². The standard InChI is InChI=1S/C12H18ClNO/c1-9(15-2)6-11(8-14)10-4-3-5-12(13)7-10/h3-5,7,9,11H,6,8,14H2,1-2H3. The highest BCUT2D eigenvalue weighted by atomic mass is 35.5. The van der Waals surface area contributed by atoms with E-state index in [1.54, 1.807) is 7.11 Å². The molecule has 1 aromatic rings. The van der Waals surface area contributed by atoms with Gasteiger partial charge in [-0.2, -0.15) is 0 Å². The van der Waals surface area contributed by atoms with Gasteiger partial charge < -0.3 is 10.5 Å². The third-order valence-corrected chi connectivity index (χ3v) is 2.86. The second-order valence-corrected chi connectivity index (χ2v) is 4.21. The molecule has 0 aliphatic carbocycles. The molecular formula is C12H18ClNO. The lowest BCUT2D eigenvalue weighted by Crippen LogP contribution is -2.18. The van der Waals surface area contributed by atoms with Crippen molar-refractivity contribution in [2.45, 2.75) is 25.4 Å². The molecule has 0 aliphatic heterocycles. The third-order valence-electron chi connectivity index (χ3n) is 2.62. The SMILES string of the molecule is COC(C)CC(CN)c1cccc(Cl)c1. The molecule has 2 nitrogen and oxygen atoms in total. The van der Waals surface area contributed by atoms with Crippen LogP contribution in [-0.4, -0.2) is 19.8 Å². The first-order chi connectivity index (χ1) is 7.17. The Morgan fingerprint density at radius 1 is 1.47 bits per heavy atom. The van der Waals surface area contributed by atoms with Gasteiger partial charge in [0.15, 0.2) is 0 Å². The van der Waals surface area contributed by atoms with Crippen molar-refractivity contribution in [3.8, 4) is 0 Å². The zero-order valence-electron chi connectivity index (χ0n) is 9.24. The van der Waals surface area contributed by atoms with Crippen LogP contribution in [0.4, 0.5) is 0 Å². The summed E-state index contributed by atoms with van der Waals surface area (Å²) >= 11 is 5.94. The van der Waals surface area contributed by atoms with Crippen LogP contribution >= 0.6 is 11.6 Å². The van der Waals surface area contributed by atoms with Crippen LogP contribution in [0.15, 0.2) is 24.3 Å². The summed E-state index contributed by atoms with van der Waals surface area (Å²) in [6.07, 6.45) is 1.14. The monoisotopic (exact) mass is 227 g/mol. The predicted molar refractivity (Wildman–Crippen MR) is 64.3 cm³/mol. The van der Waals surface area contributed by atoms with Crippen LogP contribution in [0, 0.1) is 0 Å². The zero-order valence-corrected chi connectivity index (χ0v) is 10.00. The summed E-state index contributed by atoms with van der Waals surface area (Å²) in [6, 6.07) is 7.86. The van der Waals surface area contributed by atoms with Crippen LogP contribution < -0.4 is 5.73 Å². The van der Waals surface area contributed by atoms with E-state index in [1.165, 1.54) is 5.56 Å². The number of methoxy groups -OCH3 is 1. The molecule has 0 radical (unpaired) electrons. The Morgan fingerprint density at radius 2 is 2.20 bits per heavy atom. The van der Waals surface area contributed by atoms with Crippen molar-refractivity contribution in [3.63, 3.8) is 0 Å². The minimum absolute atomic E-state index is 0.220. The number of hydrogen-bond acceptors (Lipinski definition) is 2. The highest BCUT2D eigenvalue weighted by Crippen LogP contribution is 2.23. The van der Waals surface area contributed by atoms with Gasteiger partial charge in [-0.15, -0.1) is 0 Å². The number of benzene rings is 1. The molecular weight excluding hydrogens is 210 g/mol. The summed E-state index contributed by atoms with van der Waals surface area (Å²) in [5, 5.41) is 0.760. The fourth-order valence-corrected chi connectivity index (χ4v) is 1.82. The normalized spacial score (nSPS) is 14.9. The largest absolute Gasteiger partial charge is 0.382 e. The van der Waals surface area contributed by atoms with Gasteiger partial charge in [0.2, 0.25) is 0 Å². The molecule has 0 bridgehead atoms. The summed E-state index contributed by atoms with van der Waals surface area (Å²) in [4.78, 5) is 0. The van der Waals surface area contributed by atoms with Gasteiger partial charge in [0, 0.05) is 12.1 Å². The van der Waals surface area contributed by atoms with Gasteiger partial charge in [-0.25, -0.2) is 0 Å². The van der Waals surface area contributed by atoms with E-state index >= 15 is 0 Å². The van der Waals surface area contributed by atoms with E-state index in [0.717, 1.165) is 11.4 Å². The highest BCUT2D eigenvalue weighted by molar-refractivity contribution is 6.30. The van der Waals surface area contributed by atoms with Gasteiger partial charge in [-0.05, 0) is 43.5 Å². The Labute approximate surface area is 96.4 Å². The van der Waals surface area contributed by atoms with E-state index in [0.29, 0.717) is 12.5 Å². The molecule has 0 heterocycles. The zero-order chi connectivity index (χ0) is 11.3. The fourth-order valence-electron chi connectivity index (χ4n) is 1.63. The number of rotatable bonds is 5. The maximum Gasteiger partial charge on any atom is 0.0549 e. The smallest absolute Gasteiger partial charge is 0.0549 e. The summed E-state index contributed by atoms with van der Waals surface area (Å²) < 4.78 is 5.25. The lowest BCUT2D eigenvalue weighted by molar-refractivity contribution is 0.105. The molecule has 2 N–H and O–H groups in total. The van der Waals surface area contributed by atoms with Crippen molar-refractivity contribution in [3.05, 3.63) is 34.9 Å². The predicted octanol–water partition coefficient (Wildman–Crippen LogP) is 2.81. The minimum Gasteiger partial charge on any atom is -0.382 e. The number of nitrogens with two attached hydrogens (primary N) is 1. The molecule has 0 aromatic heterocycles. The van der Waals surface area contributed by atoms with Crippen molar-refractivity contribution in [1.82, 2.24) is 0 Å². The topological polar surface area (TPSA) is 35.2 Å². The van der Waals surface area contributed by atoms with Crippen LogP contribution in [0.25, 0.3) is 0 Å². The van der Waals surface area contributed by atoms with E-state index < -0.39 is 0 Å². The molecule has 1 rings (SSSR count). The van der Waals surface area contributed by atoms with E-state index in [-0.39, 0.29) is 6.10 Å². The van der Waals surface area contributed by atoms with Crippen molar-refractivity contribution in [1.29, 1.82) is 0 Å². The summed E-state index contributed by atoms with van der Waals surface area (Å²) in [7, 11) is 1.72. The first-order valence-corrected chi connectivity index (χ1v) is 5.53. The molecule has 1 aromatic carbocycles. The molecule has 0 spiro atoms. The van der Waals surface area contributed by atoms with Crippen LogP contribution in [0.2, 0.25) is 5.02 Å². The molecule has 3 heteroatoms. The molecule has 0 amide bonds. The first-order valence-electron chi connectivity index (χ1n) is 5.15. The molecule has 84 valence electrons. The van der Waals surface area contributed by atoms with Crippen molar-refractivity contribution in [2.75, 3.05) is 13.7 Å². The maximum absolute atomic E-state index is 5.94. The summed E-state index contributed by atoms with van der Waals surface area (Å²) in [5.41, 5.74) is 6.95. The number of hydrogen-bond donors (Lipinski definition) is 1. The maximum atomic E-state index is 5.94. The van der Waals surface area contributed by atoms with Gasteiger partial charge in [-0.3, -0.25) is 0 Å². The highest BCUT2D eigenvalue weighted by Gasteiger charge is 2.13. The van der Waals surface area contributed by atoms with E-state index in [2.05, 4.69) is 6.07 Å². The lowest BCUT2D eigenvalue weighted by Gasteiger charge is -2.19. The lowest BCUT2D eigenvalue weighted by atomic mass is 9.94. The molecule has 0 saturated heterocycles. The molecule has 0 aliphatic rings. The first kappa shape index (κ1) is 12.5. The van der Waals surface area contributed by atoms with Crippen molar-refractivity contribution >= 4 is 11.6 Å². The Morgan fingerprint density at radius 3 is 2.73 bits per heavy atom. The van der Waals surface area contributed by atoms with Crippen LogP contribution in [0.3, 0.4) is 0 Å². The second kappa shape index (κ2) is 6.11. The number of ether oxygens (including phenoxy) is 1. The number of halogens is 1. The molecule has 2 atom stereocenters. The minimum atomic E-state index is 0.220. The van der Waals surface area contributed by atoms with Gasteiger partial charge >= 0.3 is 0 Å². The average Bonchev–Trinajstić information content (AvgIpc) is 2.25. The van der Waals surface area contributed by atoms with Crippen molar-refractivity contribution in [2.24, 2.45) is 5.73 Å². The van der Waals surface area contributed by atoms with E-state index in [1.807, 2.05) is 25.1 Å². The van der Waals surface area contributed by atoms with Gasteiger partial charge in [-0.1, -0.05) is 23.7 Å². The summed E-state index contributed by atoms with van der Waals surface area (Å²) in [6.45, 7) is 2.67. The Kier molecular flexibility index (Phi) is 5.09.